The fourth-order valence-electron chi connectivity index (χ4n) is 8.27. The molecule has 31 heavy (non-hydrogen) atoms. The van der Waals surface area contributed by atoms with Crippen LogP contribution in [0.15, 0.2) is 11.6 Å². The van der Waals surface area contributed by atoms with Gasteiger partial charge in [0.15, 0.2) is 23.0 Å². The van der Waals surface area contributed by atoms with Crippen molar-refractivity contribution in [1.82, 2.24) is 0 Å². The zero-order valence-electron chi connectivity index (χ0n) is 18.7. The van der Waals surface area contributed by atoms with Gasteiger partial charge in [0.2, 0.25) is 0 Å². The first-order valence-electron chi connectivity index (χ1n) is 11.4. The number of aliphatic hydroxyl groups is 1. The predicted molar refractivity (Wildman–Crippen MR) is 112 cm³/mol. The summed E-state index contributed by atoms with van der Waals surface area (Å²) in [6.07, 6.45) is 2.28. The molecule has 172 valence electrons. The number of fused-ring (bicyclic) bond motifs is 7. The normalized spacial score (nSPS) is 52.6. The van der Waals surface area contributed by atoms with E-state index in [0.717, 1.165) is 5.57 Å². The van der Waals surface area contributed by atoms with E-state index in [9.17, 15) is 14.7 Å². The number of hydrogen-bond acceptors (Lipinski definition) is 5. The van der Waals surface area contributed by atoms with Gasteiger partial charge >= 0.3 is 0 Å². The molecule has 5 aliphatic rings. The lowest BCUT2D eigenvalue weighted by Gasteiger charge is -2.63. The molecular formula is C24H32ClFO5. The van der Waals surface area contributed by atoms with Gasteiger partial charge in [-0.25, -0.2) is 4.39 Å². The van der Waals surface area contributed by atoms with Gasteiger partial charge in [0.05, 0.1) is 18.1 Å². The molecule has 1 aliphatic heterocycles. The molecule has 1 heterocycles. The molecule has 0 bridgehead atoms. The van der Waals surface area contributed by atoms with Crippen molar-refractivity contribution in [1.29, 1.82) is 0 Å². The second-order valence-corrected chi connectivity index (χ2v) is 11.5. The minimum atomic E-state index is -1.86. The quantitative estimate of drug-likeness (QED) is 0.641. The lowest BCUT2D eigenvalue weighted by molar-refractivity contribution is -0.250. The van der Waals surface area contributed by atoms with Crippen molar-refractivity contribution in [3.8, 4) is 0 Å². The van der Waals surface area contributed by atoms with Crippen LogP contribution in [0.3, 0.4) is 0 Å². The topological polar surface area (TPSA) is 72.8 Å². The zero-order chi connectivity index (χ0) is 22.6. The number of halogens is 2. The smallest absolute Gasteiger partial charge is 0.182 e. The first kappa shape index (κ1) is 22.0. The number of aliphatic hydroxyl groups excluding tert-OH is 1. The Morgan fingerprint density at radius 3 is 2.65 bits per heavy atom. The van der Waals surface area contributed by atoms with Gasteiger partial charge in [-0.2, -0.15) is 0 Å². The summed E-state index contributed by atoms with van der Waals surface area (Å²) in [7, 11) is 0. The molecule has 4 aliphatic carbocycles. The van der Waals surface area contributed by atoms with Crippen molar-refractivity contribution in [3.63, 3.8) is 0 Å². The first-order chi connectivity index (χ1) is 14.4. The maximum absolute atomic E-state index is 17.2. The van der Waals surface area contributed by atoms with E-state index < -0.39 is 46.0 Å². The van der Waals surface area contributed by atoms with Gasteiger partial charge in [0.1, 0.15) is 5.67 Å². The van der Waals surface area contributed by atoms with Crippen LogP contribution in [-0.2, 0) is 19.1 Å². The van der Waals surface area contributed by atoms with E-state index in [-0.39, 0.29) is 29.8 Å². The van der Waals surface area contributed by atoms with Crippen LogP contribution in [0.2, 0.25) is 0 Å². The summed E-state index contributed by atoms with van der Waals surface area (Å²) in [5.41, 5.74) is -4.00. The van der Waals surface area contributed by atoms with E-state index in [1.165, 1.54) is 0 Å². The summed E-state index contributed by atoms with van der Waals surface area (Å²) in [4.78, 5) is 25.3. The lowest BCUT2D eigenvalue weighted by Crippen LogP contribution is -2.70. The maximum Gasteiger partial charge on any atom is 0.182 e. The van der Waals surface area contributed by atoms with E-state index in [1.807, 2.05) is 13.8 Å². The van der Waals surface area contributed by atoms with Crippen LogP contribution in [0.25, 0.3) is 0 Å². The summed E-state index contributed by atoms with van der Waals surface area (Å²) in [5, 5.41) is 11.4. The van der Waals surface area contributed by atoms with Crippen LogP contribution in [0.1, 0.15) is 66.2 Å². The average Bonchev–Trinajstić information content (AvgIpc) is 3.09. The standard InChI is InChI=1S/C24H32ClFO5/c1-20(2)30-19-10-16-15-6-5-13-9-14(27)7-8-21(13,3)23(15,26)17(28)11-22(16,4)24(19,31-20)18(29)12-25/h9,15-17,19,28H,5-8,10-12H2,1-4H3/t15-,16-,17+,19+,21-,22-,23-,24+/m0/s1. The molecule has 0 unspecified atom stereocenters. The average molecular weight is 455 g/mol. The fraction of sp³-hybridized carbons (Fsp3) is 0.833. The highest BCUT2D eigenvalue weighted by Gasteiger charge is 2.80. The molecule has 3 saturated carbocycles. The van der Waals surface area contributed by atoms with Gasteiger partial charge in [0, 0.05) is 23.2 Å². The van der Waals surface area contributed by atoms with E-state index >= 15 is 4.39 Å². The zero-order valence-corrected chi connectivity index (χ0v) is 19.4. The maximum atomic E-state index is 17.2. The number of alkyl halides is 2. The van der Waals surface area contributed by atoms with Crippen LogP contribution >= 0.6 is 11.6 Å². The molecule has 7 heteroatoms. The summed E-state index contributed by atoms with van der Waals surface area (Å²) < 4.78 is 29.7. The molecule has 0 aromatic heterocycles. The minimum Gasteiger partial charge on any atom is -0.390 e. The second-order valence-electron chi connectivity index (χ2n) is 11.3. The molecule has 0 spiro atoms. The third kappa shape index (κ3) is 2.43. The molecule has 0 aromatic carbocycles. The van der Waals surface area contributed by atoms with Gasteiger partial charge in [-0.3, -0.25) is 9.59 Å². The van der Waals surface area contributed by atoms with Crippen molar-refractivity contribution in [2.24, 2.45) is 22.7 Å². The van der Waals surface area contributed by atoms with Crippen molar-refractivity contribution in [3.05, 3.63) is 11.6 Å². The van der Waals surface area contributed by atoms with Crippen LogP contribution in [0, 0.1) is 22.7 Å². The number of carbonyl (C=O) groups excluding carboxylic acids is 2. The number of Topliss-reactive ketones (excluding diaryl/α,β-unsaturated/α-hetero) is 1. The van der Waals surface area contributed by atoms with Gasteiger partial charge < -0.3 is 14.6 Å². The molecule has 0 radical (unpaired) electrons. The van der Waals surface area contributed by atoms with Crippen molar-refractivity contribution < 1.29 is 28.6 Å². The van der Waals surface area contributed by atoms with E-state index in [2.05, 4.69) is 0 Å². The molecule has 0 amide bonds. The summed E-state index contributed by atoms with van der Waals surface area (Å²) in [6, 6.07) is 0. The van der Waals surface area contributed by atoms with E-state index in [0.29, 0.717) is 32.1 Å². The Morgan fingerprint density at radius 1 is 1.26 bits per heavy atom. The minimum absolute atomic E-state index is 0.0377. The van der Waals surface area contributed by atoms with Crippen molar-refractivity contribution in [2.75, 3.05) is 5.88 Å². The van der Waals surface area contributed by atoms with Crippen LogP contribution < -0.4 is 0 Å². The number of ether oxygens (including phenoxy) is 2. The summed E-state index contributed by atoms with van der Waals surface area (Å²) in [6.45, 7) is 7.38. The predicted octanol–water partition coefficient (Wildman–Crippen LogP) is 3.89. The van der Waals surface area contributed by atoms with Crippen molar-refractivity contribution in [2.45, 2.75) is 95.5 Å². The first-order valence-corrected chi connectivity index (χ1v) is 12.0. The van der Waals surface area contributed by atoms with Crippen LogP contribution in [-0.4, -0.2) is 51.8 Å². The Kier molecular flexibility index (Phi) is 4.54. The fourth-order valence-corrected chi connectivity index (χ4v) is 8.47. The van der Waals surface area contributed by atoms with Crippen molar-refractivity contribution >= 4 is 23.2 Å². The number of carbonyl (C=O) groups is 2. The molecular weight excluding hydrogens is 423 g/mol. The number of allylic oxidation sites excluding steroid dienone is 1. The molecule has 8 atom stereocenters. The Labute approximate surface area is 187 Å². The molecule has 1 saturated heterocycles. The van der Waals surface area contributed by atoms with Crippen LogP contribution in [0.5, 0.6) is 0 Å². The highest BCUT2D eigenvalue weighted by molar-refractivity contribution is 6.29. The molecule has 1 N–H and O–H groups in total. The molecule has 5 rings (SSSR count). The highest BCUT2D eigenvalue weighted by Crippen LogP contribution is 2.72. The van der Waals surface area contributed by atoms with Gasteiger partial charge in [0.25, 0.3) is 0 Å². The third-order valence-corrected chi connectivity index (χ3v) is 9.81. The number of ketones is 2. The van der Waals surface area contributed by atoms with Gasteiger partial charge in [-0.05, 0) is 57.9 Å². The van der Waals surface area contributed by atoms with Crippen LogP contribution in [0.4, 0.5) is 4.39 Å². The number of hydrogen-bond donors (Lipinski definition) is 1. The monoisotopic (exact) mass is 454 g/mol. The summed E-state index contributed by atoms with van der Waals surface area (Å²) in [5.74, 6) is -2.02. The Bertz CT molecular complexity index is 887. The third-order valence-electron chi connectivity index (χ3n) is 9.57. The number of rotatable bonds is 2. The van der Waals surface area contributed by atoms with Gasteiger partial charge in [-0.15, -0.1) is 11.6 Å². The van der Waals surface area contributed by atoms with Gasteiger partial charge in [-0.1, -0.05) is 19.4 Å². The second kappa shape index (κ2) is 6.40. The summed E-state index contributed by atoms with van der Waals surface area (Å²) >= 11 is 6.05. The largest absolute Gasteiger partial charge is 0.390 e. The van der Waals surface area contributed by atoms with E-state index in [4.69, 9.17) is 21.1 Å². The molecule has 0 aromatic rings. The van der Waals surface area contributed by atoms with E-state index in [1.54, 1.807) is 19.9 Å². The molecule has 4 fully saturated rings. The molecule has 5 nitrogen and oxygen atoms in total. The Hall–Kier alpha value is -0.820. The highest BCUT2D eigenvalue weighted by atomic mass is 35.5. The Morgan fingerprint density at radius 2 is 1.97 bits per heavy atom. The lowest BCUT2D eigenvalue weighted by atomic mass is 9.44. The SMILES string of the molecule is CC1(C)O[C@@H]2C[C@H]3[C@@H]4CCC5=CC(=O)CC[C@]5(C)[C@@]4(F)[C@H](O)C[C@]3(C)[C@]2(C(=O)CCl)O1. The Balaban J connectivity index is 1.63.